The SMILES string of the molecule is CCC1CC2(O)CC(OC(=O)C(C)(C)CC)CC1C2. The Labute approximate surface area is 116 Å². The molecule has 0 aromatic carbocycles. The van der Waals surface area contributed by atoms with Gasteiger partial charge < -0.3 is 9.84 Å². The van der Waals surface area contributed by atoms with Crippen LogP contribution in [0.2, 0.25) is 0 Å². The molecule has 0 heterocycles. The highest BCUT2D eigenvalue weighted by atomic mass is 16.5. The summed E-state index contributed by atoms with van der Waals surface area (Å²) in [7, 11) is 0. The van der Waals surface area contributed by atoms with Crippen molar-refractivity contribution >= 4 is 5.97 Å². The monoisotopic (exact) mass is 268 g/mol. The maximum atomic E-state index is 12.1. The van der Waals surface area contributed by atoms with Crippen molar-refractivity contribution in [2.24, 2.45) is 17.3 Å². The zero-order valence-electron chi connectivity index (χ0n) is 12.7. The molecule has 4 atom stereocenters. The largest absolute Gasteiger partial charge is 0.462 e. The Balaban J connectivity index is 1.99. The number of esters is 1. The molecular formula is C16H28O3. The average molecular weight is 268 g/mol. The van der Waals surface area contributed by atoms with Crippen LogP contribution >= 0.6 is 0 Å². The summed E-state index contributed by atoms with van der Waals surface area (Å²) >= 11 is 0. The highest BCUT2D eigenvalue weighted by Gasteiger charge is 2.50. The minimum absolute atomic E-state index is 0.0846. The van der Waals surface area contributed by atoms with Crippen molar-refractivity contribution in [2.45, 2.75) is 77.9 Å². The highest BCUT2D eigenvalue weighted by Crippen LogP contribution is 2.50. The highest BCUT2D eigenvalue weighted by molar-refractivity contribution is 5.76. The molecule has 0 spiro atoms. The lowest BCUT2D eigenvalue weighted by Crippen LogP contribution is -2.39. The van der Waals surface area contributed by atoms with Gasteiger partial charge in [0, 0.05) is 6.42 Å². The number of fused-ring (bicyclic) bond motifs is 2. The summed E-state index contributed by atoms with van der Waals surface area (Å²) in [4.78, 5) is 12.1. The summed E-state index contributed by atoms with van der Waals surface area (Å²) in [5.74, 6) is 1.03. The number of carbonyl (C=O) groups is 1. The summed E-state index contributed by atoms with van der Waals surface area (Å²) in [5.41, 5.74) is -0.992. The second-order valence-electron chi connectivity index (χ2n) is 7.27. The van der Waals surface area contributed by atoms with Crippen LogP contribution in [0.5, 0.6) is 0 Å². The van der Waals surface area contributed by atoms with E-state index in [9.17, 15) is 9.90 Å². The normalized spacial score (nSPS) is 38.3. The quantitative estimate of drug-likeness (QED) is 0.796. The molecule has 0 aromatic heterocycles. The first kappa shape index (κ1) is 14.8. The molecule has 19 heavy (non-hydrogen) atoms. The number of hydrogen-bond donors (Lipinski definition) is 1. The summed E-state index contributed by atoms with van der Waals surface area (Å²) in [5, 5.41) is 10.6. The van der Waals surface area contributed by atoms with Gasteiger partial charge >= 0.3 is 5.97 Å². The van der Waals surface area contributed by atoms with Crippen molar-refractivity contribution in [3.8, 4) is 0 Å². The van der Waals surface area contributed by atoms with E-state index in [0.29, 0.717) is 18.3 Å². The van der Waals surface area contributed by atoms with E-state index in [2.05, 4.69) is 6.92 Å². The lowest BCUT2D eigenvalue weighted by atomic mass is 9.82. The third-order valence-corrected chi connectivity index (χ3v) is 5.36. The summed E-state index contributed by atoms with van der Waals surface area (Å²) in [6, 6.07) is 0. The van der Waals surface area contributed by atoms with Crippen LogP contribution in [0.15, 0.2) is 0 Å². The molecule has 2 aliphatic carbocycles. The fourth-order valence-electron chi connectivity index (χ4n) is 3.70. The van der Waals surface area contributed by atoms with Crippen LogP contribution in [0.4, 0.5) is 0 Å². The number of carbonyl (C=O) groups excluding carboxylic acids is 1. The molecule has 0 aliphatic heterocycles. The molecule has 3 nitrogen and oxygen atoms in total. The minimum Gasteiger partial charge on any atom is -0.462 e. The van der Waals surface area contributed by atoms with Gasteiger partial charge in [0.1, 0.15) is 6.10 Å². The average Bonchev–Trinajstić information content (AvgIpc) is 2.58. The molecule has 0 saturated heterocycles. The molecule has 2 fully saturated rings. The van der Waals surface area contributed by atoms with Crippen molar-refractivity contribution in [1.82, 2.24) is 0 Å². The first-order chi connectivity index (χ1) is 8.79. The molecule has 2 aliphatic rings. The van der Waals surface area contributed by atoms with E-state index in [1.54, 1.807) is 0 Å². The summed E-state index contributed by atoms with van der Waals surface area (Å²) in [6.45, 7) is 8.05. The van der Waals surface area contributed by atoms with E-state index in [1.165, 1.54) is 0 Å². The third-order valence-electron chi connectivity index (χ3n) is 5.36. The van der Waals surface area contributed by atoms with E-state index in [-0.39, 0.29) is 12.1 Å². The maximum Gasteiger partial charge on any atom is 0.311 e. The zero-order valence-corrected chi connectivity index (χ0v) is 12.7. The van der Waals surface area contributed by atoms with Gasteiger partial charge in [-0.2, -0.15) is 0 Å². The number of ether oxygens (including phenoxy) is 1. The predicted octanol–water partition coefficient (Wildman–Crippen LogP) is 3.30. The maximum absolute atomic E-state index is 12.1. The second-order valence-corrected chi connectivity index (χ2v) is 7.27. The summed E-state index contributed by atoms with van der Waals surface area (Å²) in [6.07, 6.45) is 5.17. The van der Waals surface area contributed by atoms with Gasteiger partial charge in [-0.25, -0.2) is 0 Å². The lowest BCUT2D eigenvalue weighted by molar-refractivity contribution is -0.165. The molecule has 4 unspecified atom stereocenters. The van der Waals surface area contributed by atoms with Crippen molar-refractivity contribution < 1.29 is 14.6 Å². The first-order valence-electron chi connectivity index (χ1n) is 7.73. The van der Waals surface area contributed by atoms with E-state index in [1.807, 2.05) is 20.8 Å². The second kappa shape index (κ2) is 5.08. The van der Waals surface area contributed by atoms with Crippen LogP contribution in [0.25, 0.3) is 0 Å². The standard InChI is InChI=1S/C16H28O3/c1-5-11-8-16(18)9-12(11)7-13(10-16)19-14(17)15(3,4)6-2/h11-13,18H,5-10H2,1-4H3. The van der Waals surface area contributed by atoms with Gasteiger partial charge in [-0.15, -0.1) is 0 Å². The Bertz CT molecular complexity index is 350. The van der Waals surface area contributed by atoms with Crippen LogP contribution in [0.1, 0.15) is 66.2 Å². The zero-order chi connectivity index (χ0) is 14.3. The molecule has 2 saturated carbocycles. The van der Waals surface area contributed by atoms with Crippen molar-refractivity contribution in [3.63, 3.8) is 0 Å². The van der Waals surface area contributed by atoms with Crippen LogP contribution in [0, 0.1) is 17.3 Å². The van der Waals surface area contributed by atoms with Gasteiger partial charge in [-0.3, -0.25) is 4.79 Å². The number of aliphatic hydroxyl groups is 1. The van der Waals surface area contributed by atoms with E-state index >= 15 is 0 Å². The minimum atomic E-state index is -0.578. The third kappa shape index (κ3) is 2.96. The Morgan fingerprint density at radius 1 is 1.32 bits per heavy atom. The van der Waals surface area contributed by atoms with E-state index in [4.69, 9.17) is 4.74 Å². The Morgan fingerprint density at radius 2 is 2.00 bits per heavy atom. The van der Waals surface area contributed by atoms with Crippen LogP contribution in [0.3, 0.4) is 0 Å². The summed E-state index contributed by atoms with van der Waals surface area (Å²) < 4.78 is 5.69. The lowest BCUT2D eigenvalue weighted by Gasteiger charge is -2.35. The molecule has 3 heteroatoms. The fourth-order valence-corrected chi connectivity index (χ4v) is 3.70. The molecule has 0 radical (unpaired) electrons. The molecule has 110 valence electrons. The van der Waals surface area contributed by atoms with Crippen LogP contribution in [-0.4, -0.2) is 22.8 Å². The van der Waals surface area contributed by atoms with Gasteiger partial charge in [-0.1, -0.05) is 20.3 Å². The van der Waals surface area contributed by atoms with Gasteiger partial charge in [0.2, 0.25) is 0 Å². The predicted molar refractivity (Wildman–Crippen MR) is 74.6 cm³/mol. The van der Waals surface area contributed by atoms with Crippen molar-refractivity contribution in [1.29, 1.82) is 0 Å². The van der Waals surface area contributed by atoms with Gasteiger partial charge in [0.05, 0.1) is 11.0 Å². The molecule has 0 aromatic rings. The molecular weight excluding hydrogens is 240 g/mol. The molecule has 2 bridgehead atoms. The topological polar surface area (TPSA) is 46.5 Å². The Morgan fingerprint density at radius 3 is 2.58 bits per heavy atom. The molecule has 2 rings (SSSR count). The molecule has 0 amide bonds. The Hall–Kier alpha value is -0.570. The van der Waals surface area contributed by atoms with E-state index in [0.717, 1.165) is 32.1 Å². The van der Waals surface area contributed by atoms with Gasteiger partial charge in [0.15, 0.2) is 0 Å². The number of hydrogen-bond acceptors (Lipinski definition) is 3. The Kier molecular flexibility index (Phi) is 3.97. The van der Waals surface area contributed by atoms with Crippen molar-refractivity contribution in [3.05, 3.63) is 0 Å². The molecule has 1 N–H and O–H groups in total. The fraction of sp³-hybridized carbons (Fsp3) is 0.938. The first-order valence-corrected chi connectivity index (χ1v) is 7.73. The van der Waals surface area contributed by atoms with Crippen LogP contribution < -0.4 is 0 Å². The van der Waals surface area contributed by atoms with E-state index < -0.39 is 11.0 Å². The van der Waals surface area contributed by atoms with Crippen molar-refractivity contribution in [2.75, 3.05) is 0 Å². The number of rotatable bonds is 4. The smallest absolute Gasteiger partial charge is 0.311 e. The van der Waals surface area contributed by atoms with Gasteiger partial charge in [-0.05, 0) is 51.4 Å². The van der Waals surface area contributed by atoms with Crippen LogP contribution in [-0.2, 0) is 9.53 Å². The van der Waals surface area contributed by atoms with Gasteiger partial charge in [0.25, 0.3) is 0 Å².